The number of hydrogen-bond donors (Lipinski definition) is 1. The first-order valence-electron chi connectivity index (χ1n) is 9.39. The lowest BCUT2D eigenvalue weighted by atomic mass is 10.0. The minimum absolute atomic E-state index is 0.0270. The summed E-state index contributed by atoms with van der Waals surface area (Å²) in [6.07, 6.45) is 0.923. The van der Waals surface area contributed by atoms with Crippen molar-refractivity contribution in [1.82, 2.24) is 19.5 Å². The Hall–Kier alpha value is -3.72. The van der Waals surface area contributed by atoms with Crippen LogP contribution in [0.25, 0.3) is 27.8 Å². The van der Waals surface area contributed by atoms with Gasteiger partial charge in [0.15, 0.2) is 5.65 Å². The number of fused-ring (bicyclic) bond motifs is 1. The topological polar surface area (TPSA) is 103 Å². The number of pyridine rings is 1. The number of hydrogen-bond acceptors (Lipinski definition) is 6. The first kappa shape index (κ1) is 20.5. The first-order valence-corrected chi connectivity index (χ1v) is 11.3. The van der Waals surface area contributed by atoms with Crippen LogP contribution >= 0.6 is 0 Å². The summed E-state index contributed by atoms with van der Waals surface area (Å²) in [5.41, 5.74) is 3.46. The fourth-order valence-corrected chi connectivity index (χ4v) is 3.81. The summed E-state index contributed by atoms with van der Waals surface area (Å²) >= 11 is 0. The monoisotopic (exact) mass is 436 g/mol. The average molecular weight is 436 g/mol. The van der Waals surface area contributed by atoms with Crippen molar-refractivity contribution in [3.8, 4) is 22.6 Å². The number of nitrogens with one attached hydrogen (secondary N) is 1. The lowest BCUT2D eigenvalue weighted by Gasteiger charge is -2.10. The Morgan fingerprint density at radius 3 is 2.35 bits per heavy atom. The first-order chi connectivity index (χ1) is 14.8. The summed E-state index contributed by atoms with van der Waals surface area (Å²) < 4.78 is 32.1. The van der Waals surface area contributed by atoms with E-state index in [1.54, 1.807) is 17.9 Å². The van der Waals surface area contributed by atoms with E-state index in [1.165, 1.54) is 0 Å². The molecule has 0 atom stereocenters. The third-order valence-electron chi connectivity index (χ3n) is 4.73. The van der Waals surface area contributed by atoms with Crippen LogP contribution in [0.4, 0.5) is 0 Å². The molecule has 0 aliphatic rings. The van der Waals surface area contributed by atoms with Gasteiger partial charge >= 0.3 is 0 Å². The predicted octanol–water partition coefficient (Wildman–Crippen LogP) is 3.09. The number of carbonyl (C=O) groups excluding carboxylic acids is 1. The van der Waals surface area contributed by atoms with Crippen molar-refractivity contribution in [3.05, 3.63) is 72.1 Å². The zero-order valence-electron chi connectivity index (χ0n) is 17.2. The van der Waals surface area contributed by atoms with E-state index < -0.39 is 15.9 Å². The van der Waals surface area contributed by atoms with Crippen molar-refractivity contribution in [3.63, 3.8) is 0 Å². The van der Waals surface area contributed by atoms with Crippen LogP contribution in [-0.2, 0) is 10.0 Å². The lowest BCUT2D eigenvalue weighted by Crippen LogP contribution is -2.30. The molecule has 4 rings (SSSR count). The zero-order chi connectivity index (χ0) is 22.2. The fraction of sp³-hybridized carbons (Fsp3) is 0.136. The highest BCUT2D eigenvalue weighted by molar-refractivity contribution is 7.89. The van der Waals surface area contributed by atoms with Gasteiger partial charge in [-0.2, -0.15) is 5.10 Å². The van der Waals surface area contributed by atoms with Crippen molar-refractivity contribution in [2.75, 3.05) is 13.4 Å². The molecule has 0 aliphatic carbocycles. The molecule has 0 spiro atoms. The molecular formula is C22H20N4O4S. The van der Waals surface area contributed by atoms with Gasteiger partial charge in [-0.25, -0.2) is 22.8 Å². The molecular weight excluding hydrogens is 416 g/mol. The lowest BCUT2D eigenvalue weighted by molar-refractivity contribution is 0.0977. The highest BCUT2D eigenvalue weighted by atomic mass is 32.2. The third kappa shape index (κ3) is 4.13. The van der Waals surface area contributed by atoms with Crippen LogP contribution in [0.2, 0.25) is 0 Å². The Labute approximate surface area is 179 Å². The van der Waals surface area contributed by atoms with Gasteiger partial charge in [0.2, 0.25) is 10.0 Å². The molecule has 8 nitrogen and oxygen atoms in total. The maximum absolute atomic E-state index is 12.6. The van der Waals surface area contributed by atoms with Gasteiger partial charge < -0.3 is 4.74 Å². The van der Waals surface area contributed by atoms with Crippen molar-refractivity contribution in [1.29, 1.82) is 0 Å². The fourth-order valence-electron chi connectivity index (χ4n) is 3.37. The molecule has 2 aromatic heterocycles. The van der Waals surface area contributed by atoms with E-state index in [0.717, 1.165) is 28.6 Å². The molecule has 9 heteroatoms. The van der Waals surface area contributed by atoms with Gasteiger partial charge in [-0.1, -0.05) is 30.3 Å². The van der Waals surface area contributed by atoms with Gasteiger partial charge in [-0.15, -0.1) is 0 Å². The summed E-state index contributed by atoms with van der Waals surface area (Å²) in [7, 11) is -2.16. The highest BCUT2D eigenvalue weighted by Gasteiger charge is 2.21. The molecule has 0 saturated heterocycles. The minimum Gasteiger partial charge on any atom is -0.497 e. The molecule has 0 fully saturated rings. The molecule has 0 radical (unpaired) electrons. The van der Waals surface area contributed by atoms with Gasteiger partial charge in [-0.05, 0) is 48.4 Å². The van der Waals surface area contributed by atoms with E-state index in [9.17, 15) is 13.2 Å². The van der Waals surface area contributed by atoms with Crippen LogP contribution in [0.1, 0.15) is 16.2 Å². The van der Waals surface area contributed by atoms with Crippen LogP contribution in [0.3, 0.4) is 0 Å². The number of carbonyl (C=O) groups is 1. The van der Waals surface area contributed by atoms with Crippen LogP contribution in [0.5, 0.6) is 5.75 Å². The van der Waals surface area contributed by atoms with Crippen LogP contribution in [0, 0.1) is 6.92 Å². The molecule has 31 heavy (non-hydrogen) atoms. The number of para-hydroxylation sites is 1. The zero-order valence-corrected chi connectivity index (χ0v) is 18.0. The molecule has 4 aromatic rings. The molecule has 158 valence electrons. The van der Waals surface area contributed by atoms with Crippen molar-refractivity contribution >= 4 is 27.0 Å². The van der Waals surface area contributed by atoms with Crippen LogP contribution < -0.4 is 9.46 Å². The Balaban J connectivity index is 2.00. The molecule has 0 bridgehead atoms. The molecule has 0 saturated carbocycles. The van der Waals surface area contributed by atoms with E-state index in [0.29, 0.717) is 17.0 Å². The van der Waals surface area contributed by atoms with Gasteiger partial charge in [0, 0.05) is 0 Å². The Morgan fingerprint density at radius 2 is 1.74 bits per heavy atom. The van der Waals surface area contributed by atoms with E-state index in [2.05, 4.69) is 10.1 Å². The summed E-state index contributed by atoms with van der Waals surface area (Å²) in [5.74, 6) is -0.113. The van der Waals surface area contributed by atoms with Gasteiger partial charge in [0.05, 0.1) is 30.1 Å². The molecule has 0 unspecified atom stereocenters. The average Bonchev–Trinajstić information content (AvgIpc) is 3.09. The van der Waals surface area contributed by atoms with Crippen molar-refractivity contribution in [2.45, 2.75) is 6.92 Å². The third-order valence-corrected chi connectivity index (χ3v) is 5.28. The van der Waals surface area contributed by atoms with Crippen LogP contribution in [-0.4, -0.2) is 42.5 Å². The quantitative estimate of drug-likeness (QED) is 0.516. The maximum atomic E-state index is 12.6. The number of nitrogens with zero attached hydrogens (tertiary/aromatic N) is 3. The van der Waals surface area contributed by atoms with Crippen molar-refractivity contribution < 1.29 is 17.9 Å². The number of aryl methyl sites for hydroxylation is 1. The van der Waals surface area contributed by atoms with Gasteiger partial charge in [-0.3, -0.25) is 4.79 Å². The van der Waals surface area contributed by atoms with Gasteiger partial charge in [0.1, 0.15) is 11.4 Å². The summed E-state index contributed by atoms with van der Waals surface area (Å²) in [5, 5.41) is 5.40. The molecule has 0 aliphatic heterocycles. The number of amides is 1. The Bertz CT molecular complexity index is 1380. The number of ether oxygens (including phenoxy) is 1. The highest BCUT2D eigenvalue weighted by Crippen LogP contribution is 2.33. The molecule has 2 aromatic carbocycles. The number of methoxy groups -OCH3 is 1. The number of rotatable bonds is 5. The summed E-state index contributed by atoms with van der Waals surface area (Å²) in [6, 6.07) is 18.3. The number of benzene rings is 2. The van der Waals surface area contributed by atoms with Crippen LogP contribution in [0.15, 0.2) is 60.7 Å². The number of sulfonamides is 1. The standard InChI is InChI=1S/C22H20N4O4S/c1-14-20-18(15-9-11-17(30-2)12-10-15)13-19(22(27)25-31(3,28)29)23-21(20)26(24-14)16-7-5-4-6-8-16/h4-13H,1-3H3,(H,25,27). The Morgan fingerprint density at radius 1 is 1.06 bits per heavy atom. The van der Waals surface area contributed by atoms with E-state index in [4.69, 9.17) is 4.74 Å². The second kappa shape index (κ2) is 7.84. The SMILES string of the molecule is COc1ccc(-c2cc(C(=O)NS(C)(=O)=O)nc3c2c(C)nn3-c2ccccc2)cc1. The molecule has 1 N–H and O–H groups in total. The maximum Gasteiger partial charge on any atom is 0.283 e. The summed E-state index contributed by atoms with van der Waals surface area (Å²) in [6.45, 7) is 1.87. The van der Waals surface area contributed by atoms with Crippen molar-refractivity contribution in [2.24, 2.45) is 0 Å². The second-order valence-electron chi connectivity index (χ2n) is 7.02. The van der Waals surface area contributed by atoms with Gasteiger partial charge in [0.25, 0.3) is 5.91 Å². The second-order valence-corrected chi connectivity index (χ2v) is 8.77. The van der Waals surface area contributed by atoms with E-state index in [1.807, 2.05) is 66.2 Å². The number of aromatic nitrogens is 3. The van der Waals surface area contributed by atoms with E-state index in [-0.39, 0.29) is 5.69 Å². The smallest absolute Gasteiger partial charge is 0.283 e. The largest absolute Gasteiger partial charge is 0.497 e. The molecule has 2 heterocycles. The Kier molecular flexibility index (Phi) is 5.20. The normalized spacial score (nSPS) is 11.5. The minimum atomic E-state index is -3.75. The molecule has 1 amide bonds. The summed E-state index contributed by atoms with van der Waals surface area (Å²) in [4.78, 5) is 17.1. The van der Waals surface area contributed by atoms with E-state index >= 15 is 0 Å². The predicted molar refractivity (Wildman–Crippen MR) is 118 cm³/mol.